The second kappa shape index (κ2) is 9.82. The van der Waals surface area contributed by atoms with Gasteiger partial charge in [0.15, 0.2) is 15.4 Å². The molecule has 2 aromatic carbocycles. The molecule has 0 saturated carbocycles. The maximum absolute atomic E-state index is 13.6. The van der Waals surface area contributed by atoms with Crippen LogP contribution in [0.3, 0.4) is 0 Å². The number of nitrogens with one attached hydrogen (secondary N) is 1. The highest BCUT2D eigenvalue weighted by Crippen LogP contribution is 2.42. The summed E-state index contributed by atoms with van der Waals surface area (Å²) in [5.41, 5.74) is -1.54. The summed E-state index contributed by atoms with van der Waals surface area (Å²) < 4.78 is 69.5. The van der Waals surface area contributed by atoms with E-state index in [1.54, 1.807) is 26.0 Å². The van der Waals surface area contributed by atoms with Crippen molar-refractivity contribution in [2.24, 2.45) is 0 Å². The number of rotatable bonds is 9. The first-order chi connectivity index (χ1) is 14.4. The molecule has 0 fully saturated rings. The molecule has 0 aliphatic rings. The van der Waals surface area contributed by atoms with Gasteiger partial charge in [-0.25, -0.2) is 8.42 Å². The van der Waals surface area contributed by atoms with E-state index in [1.165, 1.54) is 36.4 Å². The third kappa shape index (κ3) is 6.07. The van der Waals surface area contributed by atoms with Crippen LogP contribution >= 0.6 is 0 Å². The number of carbonyl (C=O) groups excluding carboxylic acids is 1. The van der Waals surface area contributed by atoms with Gasteiger partial charge in [-0.1, -0.05) is 38.1 Å². The molecule has 9 heteroatoms. The van der Waals surface area contributed by atoms with Crippen molar-refractivity contribution in [2.75, 3.05) is 17.7 Å². The first kappa shape index (κ1) is 24.9. The number of hydrogen-bond donors (Lipinski definition) is 1. The molecule has 5 nitrogen and oxygen atoms in total. The Bertz CT molecular complexity index is 987. The molecule has 0 heterocycles. The Morgan fingerprint density at radius 3 is 2.06 bits per heavy atom. The Kier molecular flexibility index (Phi) is 7.88. The van der Waals surface area contributed by atoms with E-state index in [2.05, 4.69) is 5.32 Å². The highest BCUT2D eigenvalue weighted by molar-refractivity contribution is 7.91. The van der Waals surface area contributed by atoms with Crippen molar-refractivity contribution >= 4 is 21.4 Å². The van der Waals surface area contributed by atoms with Crippen molar-refractivity contribution < 1.29 is 31.1 Å². The van der Waals surface area contributed by atoms with Crippen LogP contribution in [-0.4, -0.2) is 32.9 Å². The molecule has 31 heavy (non-hydrogen) atoms. The Morgan fingerprint density at radius 2 is 1.58 bits per heavy atom. The zero-order chi connectivity index (χ0) is 23.3. The van der Waals surface area contributed by atoms with Gasteiger partial charge in [0.1, 0.15) is 0 Å². The monoisotopic (exact) mass is 457 g/mol. The van der Waals surface area contributed by atoms with Gasteiger partial charge < -0.3 is 10.1 Å². The van der Waals surface area contributed by atoms with E-state index in [1.807, 2.05) is 0 Å². The van der Waals surface area contributed by atoms with Crippen LogP contribution in [0.4, 0.5) is 18.9 Å². The van der Waals surface area contributed by atoms with Crippen molar-refractivity contribution in [3.8, 4) is 0 Å². The predicted octanol–water partition coefficient (Wildman–Crippen LogP) is 4.87. The average molecular weight is 458 g/mol. The number of benzene rings is 2. The summed E-state index contributed by atoms with van der Waals surface area (Å²) in [4.78, 5) is 12.5. The lowest BCUT2D eigenvalue weighted by atomic mass is 9.94. The smallest absolute Gasteiger partial charge is 0.361 e. The Morgan fingerprint density at radius 1 is 1.00 bits per heavy atom. The summed E-state index contributed by atoms with van der Waals surface area (Å²) in [7, 11) is -3.32. The van der Waals surface area contributed by atoms with Crippen LogP contribution in [-0.2, 0) is 31.4 Å². The van der Waals surface area contributed by atoms with Crippen LogP contribution in [0.15, 0.2) is 53.4 Å². The molecule has 2 aromatic rings. The zero-order valence-corrected chi connectivity index (χ0v) is 18.4. The Hall–Kier alpha value is -2.39. The fraction of sp³-hybridized carbons (Fsp3) is 0.409. The Labute approximate surface area is 180 Å². The fourth-order valence-corrected chi connectivity index (χ4v) is 3.76. The molecule has 1 N–H and O–H groups in total. The van der Waals surface area contributed by atoms with Gasteiger partial charge in [-0.05, 0) is 48.7 Å². The lowest BCUT2D eigenvalue weighted by Crippen LogP contribution is -2.42. The molecule has 0 radical (unpaired) electrons. The van der Waals surface area contributed by atoms with Crippen LogP contribution in [0.1, 0.15) is 38.3 Å². The standard InChI is InChI=1S/C22H26F3NO4S/c1-4-14-30-21(3,22(23,24)25)17-8-10-18(11-9-17)26-20(27)15-16-6-12-19(13-7-16)31(28,29)5-2/h6-13H,4-5,14-15H2,1-3H3,(H,26,27). The number of anilines is 1. The predicted molar refractivity (Wildman–Crippen MR) is 113 cm³/mol. The van der Waals surface area contributed by atoms with Crippen LogP contribution in [0.2, 0.25) is 0 Å². The molecule has 1 unspecified atom stereocenters. The summed E-state index contributed by atoms with van der Waals surface area (Å²) in [5, 5.41) is 2.63. The van der Waals surface area contributed by atoms with Crippen LogP contribution < -0.4 is 5.32 Å². The van der Waals surface area contributed by atoms with Crippen LogP contribution in [0.25, 0.3) is 0 Å². The first-order valence-corrected chi connectivity index (χ1v) is 11.5. The Balaban J connectivity index is 2.08. The highest BCUT2D eigenvalue weighted by atomic mass is 32.2. The van der Waals surface area contributed by atoms with E-state index >= 15 is 0 Å². The lowest BCUT2D eigenvalue weighted by Gasteiger charge is -2.32. The summed E-state index contributed by atoms with van der Waals surface area (Å²) in [6, 6.07) is 11.4. The van der Waals surface area contributed by atoms with Gasteiger partial charge in [0, 0.05) is 12.3 Å². The van der Waals surface area contributed by atoms with E-state index in [0.29, 0.717) is 17.7 Å². The maximum atomic E-state index is 13.6. The van der Waals surface area contributed by atoms with Crippen molar-refractivity contribution in [3.63, 3.8) is 0 Å². The molecule has 170 valence electrons. The van der Waals surface area contributed by atoms with Crippen molar-refractivity contribution in [1.29, 1.82) is 0 Å². The number of amides is 1. The minimum atomic E-state index is -4.59. The molecule has 1 amide bonds. The quantitative estimate of drug-likeness (QED) is 0.583. The third-order valence-electron chi connectivity index (χ3n) is 4.88. The number of ether oxygens (including phenoxy) is 1. The molecule has 0 spiro atoms. The molecule has 0 saturated heterocycles. The molecular formula is C22H26F3NO4S. The van der Waals surface area contributed by atoms with Gasteiger partial charge in [-0.2, -0.15) is 13.2 Å². The summed E-state index contributed by atoms with van der Waals surface area (Å²) in [5.74, 6) is -0.389. The number of carbonyl (C=O) groups is 1. The largest absolute Gasteiger partial charge is 0.421 e. The van der Waals surface area contributed by atoms with Gasteiger partial charge >= 0.3 is 6.18 Å². The third-order valence-corrected chi connectivity index (χ3v) is 6.63. The summed E-state index contributed by atoms with van der Waals surface area (Å²) >= 11 is 0. The van der Waals surface area contributed by atoms with E-state index in [9.17, 15) is 26.4 Å². The second-order valence-electron chi connectivity index (χ2n) is 7.23. The summed E-state index contributed by atoms with van der Waals surface area (Å²) in [6.45, 7) is 4.23. The van der Waals surface area contributed by atoms with Gasteiger partial charge in [0.2, 0.25) is 5.91 Å². The van der Waals surface area contributed by atoms with Crippen LogP contribution in [0, 0.1) is 0 Å². The maximum Gasteiger partial charge on any atom is 0.421 e. The number of alkyl halides is 3. The molecular weight excluding hydrogens is 431 g/mol. The van der Waals surface area contributed by atoms with E-state index < -0.39 is 21.6 Å². The minimum absolute atomic E-state index is 0.00587. The number of sulfone groups is 1. The fourth-order valence-electron chi connectivity index (χ4n) is 2.88. The molecule has 1 atom stereocenters. The van der Waals surface area contributed by atoms with E-state index in [4.69, 9.17) is 4.74 Å². The SMILES string of the molecule is CCCOC(C)(c1ccc(NC(=O)Cc2ccc(S(=O)(=O)CC)cc2)cc1)C(F)(F)F. The number of halogens is 3. The van der Waals surface area contributed by atoms with E-state index in [0.717, 1.165) is 6.92 Å². The minimum Gasteiger partial charge on any atom is -0.361 e. The molecule has 0 aromatic heterocycles. The normalized spacial score (nSPS) is 14.1. The zero-order valence-electron chi connectivity index (χ0n) is 17.6. The molecule has 0 bridgehead atoms. The number of hydrogen-bond acceptors (Lipinski definition) is 4. The molecule has 0 aliphatic carbocycles. The first-order valence-electron chi connectivity index (χ1n) is 9.85. The summed E-state index contributed by atoms with van der Waals surface area (Å²) in [6.07, 6.45) is -4.15. The molecule has 2 rings (SSSR count). The van der Waals surface area contributed by atoms with Crippen molar-refractivity contribution in [3.05, 3.63) is 59.7 Å². The van der Waals surface area contributed by atoms with Gasteiger partial charge in [-0.15, -0.1) is 0 Å². The second-order valence-corrected chi connectivity index (χ2v) is 9.51. The molecule has 0 aliphatic heterocycles. The van der Waals surface area contributed by atoms with Crippen molar-refractivity contribution in [2.45, 2.75) is 50.3 Å². The topological polar surface area (TPSA) is 72.5 Å². The van der Waals surface area contributed by atoms with Gasteiger partial charge in [0.25, 0.3) is 0 Å². The van der Waals surface area contributed by atoms with Gasteiger partial charge in [0.05, 0.1) is 17.1 Å². The average Bonchev–Trinajstić information content (AvgIpc) is 2.72. The van der Waals surface area contributed by atoms with Crippen LogP contribution in [0.5, 0.6) is 0 Å². The lowest BCUT2D eigenvalue weighted by molar-refractivity contribution is -0.277. The van der Waals surface area contributed by atoms with Crippen molar-refractivity contribution in [1.82, 2.24) is 0 Å². The highest BCUT2D eigenvalue weighted by Gasteiger charge is 2.53. The van der Waals surface area contributed by atoms with E-state index in [-0.39, 0.29) is 35.1 Å². The van der Waals surface area contributed by atoms with Gasteiger partial charge in [-0.3, -0.25) is 4.79 Å².